The molecule has 23 heteroatoms. The summed E-state index contributed by atoms with van der Waals surface area (Å²) in [7, 11) is -18.5. The van der Waals surface area contributed by atoms with E-state index in [0.717, 1.165) is 11.4 Å². The van der Waals surface area contributed by atoms with Gasteiger partial charge in [0.15, 0.2) is 0 Å². The Kier molecular flexibility index (Phi) is 16.5. The van der Waals surface area contributed by atoms with Crippen molar-refractivity contribution in [1.82, 2.24) is 29.9 Å². The molecule has 0 saturated heterocycles. The van der Waals surface area contributed by atoms with E-state index in [0.29, 0.717) is 88.1 Å². The number of rotatable bonds is 9. The number of aromatic nitrogens is 6. The van der Waals surface area contributed by atoms with Gasteiger partial charge in [0.25, 0.3) is 0 Å². The van der Waals surface area contributed by atoms with Crippen LogP contribution in [0, 0.1) is 0 Å². The topological polar surface area (TPSA) is 306 Å². The first-order valence-corrected chi connectivity index (χ1v) is 29.3. The summed E-state index contributed by atoms with van der Waals surface area (Å²) in [5.41, 5.74) is 8.82. The molecule has 81 heavy (non-hydrogen) atoms. The fourth-order valence-corrected chi connectivity index (χ4v) is 11.0. The predicted octanol–water partition coefficient (Wildman–Crippen LogP) is 9.99. The third-order valence-electron chi connectivity index (χ3n) is 12.6. The van der Waals surface area contributed by atoms with Gasteiger partial charge in [0.1, 0.15) is 40.5 Å². The second-order valence-electron chi connectivity index (χ2n) is 17.5. The van der Waals surface area contributed by atoms with Crippen LogP contribution in [0.1, 0.15) is 0 Å². The third kappa shape index (κ3) is 12.6. The molecule has 0 aliphatic heterocycles. The SMILES string of the molecule is O=S(=O)([O-])c1cccc(-c2ccnc3c2ccc2c(-c4cccc(S(=O)(=O)[O-])c4)ccnc23)c1.O=S(=O)([O-])c1cccc(-c2ccnc3c2ccc2c(-c4cccc(S(=O)(=O)[O-])c4)ccnc23)c1.[Ru+2].c1ccc(-c2ccccn2)nc1. The summed E-state index contributed by atoms with van der Waals surface area (Å²) in [5.74, 6) is 0. The van der Waals surface area contributed by atoms with Crippen LogP contribution < -0.4 is 0 Å². The van der Waals surface area contributed by atoms with Gasteiger partial charge < -0.3 is 18.2 Å². The summed E-state index contributed by atoms with van der Waals surface area (Å²) in [6.45, 7) is 0. The van der Waals surface area contributed by atoms with Gasteiger partial charge >= 0.3 is 19.5 Å². The normalized spacial score (nSPS) is 11.8. The monoisotopic (exact) mass is 1240 g/mol. The van der Waals surface area contributed by atoms with Crippen LogP contribution in [0.15, 0.2) is 239 Å². The van der Waals surface area contributed by atoms with E-state index < -0.39 is 40.5 Å². The summed E-state index contributed by atoms with van der Waals surface area (Å²) in [5, 5.41) is 2.76. The van der Waals surface area contributed by atoms with E-state index in [4.69, 9.17) is 0 Å². The molecule has 0 atom stereocenters. The Morgan fingerprint density at radius 1 is 0.259 bits per heavy atom. The number of fused-ring (bicyclic) bond motifs is 6. The molecule has 0 N–H and O–H groups in total. The quantitative estimate of drug-likeness (QED) is 0.0737. The molecule has 0 radical (unpaired) electrons. The van der Waals surface area contributed by atoms with E-state index in [2.05, 4.69) is 29.9 Å². The molecule has 0 unspecified atom stereocenters. The number of hydrogen-bond acceptors (Lipinski definition) is 18. The Bertz CT molecular complexity index is 4280. The van der Waals surface area contributed by atoms with E-state index >= 15 is 0 Å². The molecule has 0 aliphatic carbocycles. The van der Waals surface area contributed by atoms with Crippen molar-refractivity contribution in [2.24, 2.45) is 0 Å². The van der Waals surface area contributed by atoms with Crippen molar-refractivity contribution in [3.63, 3.8) is 0 Å². The zero-order valence-corrected chi connectivity index (χ0v) is 46.4. The number of hydrogen-bond donors (Lipinski definition) is 0. The van der Waals surface area contributed by atoms with Crippen molar-refractivity contribution in [3.8, 4) is 55.9 Å². The standard InChI is InChI=1S/2C24H16N2O6S2.C10H8N2.Ru/c2*27-33(28,29)17-5-1-3-15(13-17)19-9-11-25-23-21(19)7-8-22-20(10-12-26-24(22)23)16-4-2-6-18(14-16)34(30,31)32;1-3-7-11-9(5-1)10-6-2-4-8-12-10;/h2*1-14H,(H,27,28,29)(H,30,31,32);1-8H;/q;;;+2/p-4. The van der Waals surface area contributed by atoms with Gasteiger partial charge in [-0.25, -0.2) is 33.7 Å². The van der Waals surface area contributed by atoms with Gasteiger partial charge in [-0.15, -0.1) is 0 Å². The van der Waals surface area contributed by atoms with Crippen molar-refractivity contribution in [2.45, 2.75) is 19.6 Å². The van der Waals surface area contributed by atoms with Gasteiger partial charge in [-0.2, -0.15) is 0 Å². The molecule has 404 valence electrons. The Morgan fingerprint density at radius 2 is 0.506 bits per heavy atom. The molecule has 18 nitrogen and oxygen atoms in total. The summed E-state index contributed by atoms with van der Waals surface area (Å²) in [6.07, 6.45) is 9.79. The summed E-state index contributed by atoms with van der Waals surface area (Å²) in [6, 6.07) is 48.7. The Labute approximate surface area is 476 Å². The maximum absolute atomic E-state index is 11.5. The Morgan fingerprint density at radius 3 is 0.716 bits per heavy atom. The molecule has 0 saturated carbocycles. The predicted molar refractivity (Wildman–Crippen MR) is 295 cm³/mol. The van der Waals surface area contributed by atoms with E-state index in [1.165, 1.54) is 72.8 Å². The maximum Gasteiger partial charge on any atom is 2.00 e. The zero-order valence-electron chi connectivity index (χ0n) is 41.4. The molecule has 6 aromatic carbocycles. The molecule has 0 aliphatic rings. The van der Waals surface area contributed by atoms with Gasteiger partial charge in [-0.1, -0.05) is 84.9 Å². The van der Waals surface area contributed by atoms with Crippen LogP contribution in [0.3, 0.4) is 0 Å². The average molecular weight is 1240 g/mol. The first kappa shape index (κ1) is 57.2. The van der Waals surface area contributed by atoms with Crippen LogP contribution in [-0.4, -0.2) is 81.8 Å². The molecule has 0 amide bonds. The van der Waals surface area contributed by atoms with Crippen molar-refractivity contribution in [3.05, 3.63) is 219 Å². The van der Waals surface area contributed by atoms with E-state index in [1.54, 1.807) is 110 Å². The molecule has 0 fully saturated rings. The molecule has 6 heterocycles. The molecule has 12 rings (SSSR count). The minimum absolute atomic E-state index is 0. The van der Waals surface area contributed by atoms with E-state index in [9.17, 15) is 51.9 Å². The Balaban J connectivity index is 0.000000161. The zero-order chi connectivity index (χ0) is 56.4. The fourth-order valence-electron chi connectivity index (χ4n) is 8.97. The van der Waals surface area contributed by atoms with E-state index in [1.807, 2.05) is 36.4 Å². The number of nitrogens with zero attached hydrogens (tertiary/aromatic N) is 6. The maximum atomic E-state index is 11.5. The Hall–Kier alpha value is -8.48. The number of benzene rings is 6. The summed E-state index contributed by atoms with van der Waals surface area (Å²) >= 11 is 0. The summed E-state index contributed by atoms with van der Waals surface area (Å²) < 4.78 is 138. The van der Waals surface area contributed by atoms with Crippen molar-refractivity contribution in [2.75, 3.05) is 0 Å². The van der Waals surface area contributed by atoms with Crippen LogP contribution in [0.25, 0.3) is 99.5 Å². The van der Waals surface area contributed by atoms with Crippen molar-refractivity contribution in [1.29, 1.82) is 0 Å². The van der Waals surface area contributed by atoms with Gasteiger partial charge in [0, 0.05) is 58.7 Å². The first-order valence-electron chi connectivity index (χ1n) is 23.6. The van der Waals surface area contributed by atoms with Crippen molar-refractivity contribution >= 4 is 84.1 Å². The molecule has 0 spiro atoms. The van der Waals surface area contributed by atoms with Crippen molar-refractivity contribution < 1.29 is 71.4 Å². The minimum atomic E-state index is -4.61. The third-order valence-corrected chi connectivity index (χ3v) is 15.9. The second kappa shape index (κ2) is 23.3. The van der Waals surface area contributed by atoms with Crippen LogP contribution >= 0.6 is 0 Å². The van der Waals surface area contributed by atoms with Gasteiger partial charge in [-0.05, 0) is 142 Å². The molecule has 6 aromatic heterocycles. The number of pyridine rings is 6. The molecule has 0 bridgehead atoms. The van der Waals surface area contributed by atoms with Gasteiger partial charge in [0.05, 0.1) is 53.0 Å². The molecular formula is C58H36N6O12RuS4-2. The fraction of sp³-hybridized carbons (Fsp3) is 0. The van der Waals surface area contributed by atoms with E-state index in [-0.39, 0.29) is 39.1 Å². The van der Waals surface area contributed by atoms with Crippen LogP contribution in [0.2, 0.25) is 0 Å². The smallest absolute Gasteiger partial charge is 0.744 e. The first-order chi connectivity index (χ1) is 38.2. The molecule has 12 aromatic rings. The van der Waals surface area contributed by atoms with Crippen LogP contribution in [0.5, 0.6) is 0 Å². The second-order valence-corrected chi connectivity index (χ2v) is 23.0. The van der Waals surface area contributed by atoms with Gasteiger partial charge in [0.2, 0.25) is 0 Å². The van der Waals surface area contributed by atoms with Gasteiger partial charge in [-0.3, -0.25) is 29.9 Å². The van der Waals surface area contributed by atoms with Crippen LogP contribution in [-0.2, 0) is 60.0 Å². The average Bonchev–Trinajstić information content (AvgIpc) is 3.45. The van der Waals surface area contributed by atoms with Crippen LogP contribution in [0.4, 0.5) is 0 Å². The summed E-state index contributed by atoms with van der Waals surface area (Å²) in [4.78, 5) is 24.9. The largest absolute Gasteiger partial charge is 2.00 e. The molecular weight excluding hydrogens is 1200 g/mol. The minimum Gasteiger partial charge on any atom is -0.744 e.